The van der Waals surface area contributed by atoms with Gasteiger partial charge in [-0.05, 0) is 32.9 Å². The lowest BCUT2D eigenvalue weighted by Crippen LogP contribution is -2.39. The number of fused-ring (bicyclic) bond motifs is 5. The Kier molecular flexibility index (Phi) is 2.60. The Morgan fingerprint density at radius 1 is 1.09 bits per heavy atom. The standard InChI is InChI=1S/C18H17NO4/c1-10(20)11-5-4-6-12(9-11)19-15(21)13-14(16(19)22)18(3)8-7-17(13,2)23-18/h4-9,13-14H,1-3H3/t13-,14-,17-,18-/m0/s1. The summed E-state index contributed by atoms with van der Waals surface area (Å²) in [5.74, 6) is -1.63. The van der Waals surface area contributed by atoms with Crippen LogP contribution in [-0.4, -0.2) is 28.8 Å². The van der Waals surface area contributed by atoms with E-state index < -0.39 is 23.0 Å². The monoisotopic (exact) mass is 311 g/mol. The molecule has 3 aliphatic heterocycles. The highest BCUT2D eigenvalue weighted by Gasteiger charge is 2.70. The van der Waals surface area contributed by atoms with E-state index in [9.17, 15) is 14.4 Å². The maximum absolute atomic E-state index is 12.9. The molecule has 0 N–H and O–H groups in total. The second kappa shape index (κ2) is 4.17. The Hall–Kier alpha value is -2.27. The Morgan fingerprint density at radius 2 is 1.65 bits per heavy atom. The highest BCUT2D eigenvalue weighted by molar-refractivity contribution is 6.23. The molecule has 0 aromatic heterocycles. The zero-order valence-electron chi connectivity index (χ0n) is 13.2. The fourth-order valence-electron chi connectivity index (χ4n) is 4.15. The maximum Gasteiger partial charge on any atom is 0.241 e. The summed E-state index contributed by atoms with van der Waals surface area (Å²) < 4.78 is 5.97. The minimum absolute atomic E-state index is 0.102. The molecule has 5 nitrogen and oxygen atoms in total. The number of carbonyl (C=O) groups excluding carboxylic acids is 3. The van der Waals surface area contributed by atoms with Gasteiger partial charge in [-0.1, -0.05) is 24.3 Å². The quantitative estimate of drug-likeness (QED) is 0.477. The molecule has 0 unspecified atom stereocenters. The van der Waals surface area contributed by atoms with Crippen molar-refractivity contribution < 1.29 is 19.1 Å². The number of anilines is 1. The molecule has 23 heavy (non-hydrogen) atoms. The number of carbonyl (C=O) groups is 3. The van der Waals surface area contributed by atoms with Crippen LogP contribution in [0.2, 0.25) is 0 Å². The highest BCUT2D eigenvalue weighted by Crippen LogP contribution is 2.57. The summed E-state index contributed by atoms with van der Waals surface area (Å²) in [6.07, 6.45) is 3.77. The SMILES string of the molecule is CC(=O)c1cccc(N2C(=O)[C@@H]3[C@@H](C2=O)[C@]2(C)C=C[C@]3(C)O2)c1. The van der Waals surface area contributed by atoms with Crippen molar-refractivity contribution in [2.45, 2.75) is 32.0 Å². The van der Waals surface area contributed by atoms with Crippen LogP contribution >= 0.6 is 0 Å². The molecule has 4 rings (SSSR count). The number of amides is 2. The normalized spacial score (nSPS) is 37.6. The smallest absolute Gasteiger partial charge is 0.241 e. The first kappa shape index (κ1) is 14.3. The van der Waals surface area contributed by atoms with E-state index in [0.29, 0.717) is 11.3 Å². The van der Waals surface area contributed by atoms with E-state index in [1.807, 2.05) is 26.0 Å². The van der Waals surface area contributed by atoms with Crippen LogP contribution in [-0.2, 0) is 14.3 Å². The minimum atomic E-state index is -0.737. The Morgan fingerprint density at radius 3 is 2.17 bits per heavy atom. The Labute approximate surface area is 133 Å². The molecule has 2 saturated heterocycles. The fraction of sp³-hybridized carbons (Fsp3) is 0.389. The third-order valence-corrected chi connectivity index (χ3v) is 5.24. The van der Waals surface area contributed by atoms with Gasteiger partial charge in [0, 0.05) is 5.56 Å². The average Bonchev–Trinajstić information content (AvgIpc) is 3.04. The van der Waals surface area contributed by atoms with Gasteiger partial charge < -0.3 is 4.74 Å². The van der Waals surface area contributed by atoms with Gasteiger partial charge in [0.2, 0.25) is 11.8 Å². The second-order valence-corrected chi connectivity index (χ2v) is 6.88. The van der Waals surface area contributed by atoms with Gasteiger partial charge in [0.1, 0.15) is 0 Å². The molecule has 3 heterocycles. The Bertz CT molecular complexity index is 762. The topological polar surface area (TPSA) is 63.7 Å². The second-order valence-electron chi connectivity index (χ2n) is 6.88. The molecular weight excluding hydrogens is 294 g/mol. The van der Waals surface area contributed by atoms with Crippen LogP contribution in [0.5, 0.6) is 0 Å². The van der Waals surface area contributed by atoms with Crippen molar-refractivity contribution in [3.05, 3.63) is 42.0 Å². The molecule has 0 radical (unpaired) electrons. The predicted octanol–water partition coefficient (Wildman–Crippen LogP) is 2.11. The first-order chi connectivity index (χ1) is 10.8. The number of hydrogen-bond acceptors (Lipinski definition) is 4. The Balaban J connectivity index is 1.79. The van der Waals surface area contributed by atoms with Crippen LogP contribution in [0, 0.1) is 11.8 Å². The summed E-state index contributed by atoms with van der Waals surface area (Å²) in [4.78, 5) is 38.6. The van der Waals surface area contributed by atoms with Gasteiger partial charge >= 0.3 is 0 Å². The lowest BCUT2D eigenvalue weighted by Gasteiger charge is -2.25. The maximum atomic E-state index is 12.9. The molecular formula is C18H17NO4. The molecule has 0 aliphatic carbocycles. The molecule has 0 saturated carbocycles. The van der Waals surface area contributed by atoms with Crippen molar-refractivity contribution in [2.24, 2.45) is 11.8 Å². The van der Waals surface area contributed by atoms with E-state index in [1.54, 1.807) is 24.3 Å². The third kappa shape index (κ3) is 1.68. The summed E-state index contributed by atoms with van der Waals surface area (Å²) in [5, 5.41) is 0. The molecule has 2 amide bonds. The summed E-state index contributed by atoms with van der Waals surface area (Å²) >= 11 is 0. The van der Waals surface area contributed by atoms with E-state index in [0.717, 1.165) is 0 Å². The molecule has 118 valence electrons. The molecule has 5 heteroatoms. The highest BCUT2D eigenvalue weighted by atomic mass is 16.5. The number of ketones is 1. The van der Waals surface area contributed by atoms with Gasteiger partial charge in [0.15, 0.2) is 5.78 Å². The van der Waals surface area contributed by atoms with E-state index in [4.69, 9.17) is 4.74 Å². The van der Waals surface area contributed by atoms with Crippen molar-refractivity contribution in [3.8, 4) is 0 Å². The summed E-state index contributed by atoms with van der Waals surface area (Å²) in [6, 6.07) is 6.65. The third-order valence-electron chi connectivity index (χ3n) is 5.24. The zero-order valence-corrected chi connectivity index (χ0v) is 13.2. The van der Waals surface area contributed by atoms with Gasteiger partial charge in [0.25, 0.3) is 0 Å². The molecule has 0 spiro atoms. The van der Waals surface area contributed by atoms with Crippen LogP contribution in [0.4, 0.5) is 5.69 Å². The molecule has 2 bridgehead atoms. The number of Topliss-reactive ketones (excluding diaryl/α,β-unsaturated/α-hetero) is 1. The van der Waals surface area contributed by atoms with Crippen molar-refractivity contribution in [1.82, 2.24) is 0 Å². The van der Waals surface area contributed by atoms with Gasteiger partial charge in [-0.3, -0.25) is 14.4 Å². The van der Waals surface area contributed by atoms with E-state index in [2.05, 4.69) is 0 Å². The first-order valence-electron chi connectivity index (χ1n) is 7.66. The van der Waals surface area contributed by atoms with Crippen molar-refractivity contribution in [3.63, 3.8) is 0 Å². The number of benzene rings is 1. The largest absolute Gasteiger partial charge is 0.359 e. The van der Waals surface area contributed by atoms with Crippen LogP contribution < -0.4 is 4.90 Å². The van der Waals surface area contributed by atoms with Crippen LogP contribution in [0.25, 0.3) is 0 Å². The number of imide groups is 1. The van der Waals surface area contributed by atoms with Crippen LogP contribution in [0.15, 0.2) is 36.4 Å². The summed E-state index contributed by atoms with van der Waals surface area (Å²) in [7, 11) is 0. The zero-order chi connectivity index (χ0) is 16.6. The lowest BCUT2D eigenvalue weighted by molar-refractivity contribution is -0.128. The number of rotatable bonds is 2. The molecule has 1 aromatic rings. The van der Waals surface area contributed by atoms with E-state index in [1.165, 1.54) is 11.8 Å². The molecule has 2 fully saturated rings. The predicted molar refractivity (Wildman–Crippen MR) is 83.0 cm³/mol. The number of ether oxygens (including phenoxy) is 1. The van der Waals surface area contributed by atoms with Crippen LogP contribution in [0.1, 0.15) is 31.1 Å². The van der Waals surface area contributed by atoms with Gasteiger partial charge in [-0.25, -0.2) is 4.90 Å². The van der Waals surface area contributed by atoms with Crippen molar-refractivity contribution in [1.29, 1.82) is 0 Å². The summed E-state index contributed by atoms with van der Waals surface area (Å²) in [5.41, 5.74) is -0.540. The van der Waals surface area contributed by atoms with Gasteiger partial charge in [-0.15, -0.1) is 0 Å². The average molecular weight is 311 g/mol. The first-order valence-corrected chi connectivity index (χ1v) is 7.66. The minimum Gasteiger partial charge on any atom is -0.359 e. The molecule has 3 aliphatic rings. The molecule has 4 atom stereocenters. The lowest BCUT2D eigenvalue weighted by atomic mass is 9.73. The van der Waals surface area contributed by atoms with E-state index >= 15 is 0 Å². The van der Waals surface area contributed by atoms with Crippen molar-refractivity contribution >= 4 is 23.3 Å². The van der Waals surface area contributed by atoms with Crippen LogP contribution in [0.3, 0.4) is 0 Å². The van der Waals surface area contributed by atoms with Crippen molar-refractivity contribution in [2.75, 3.05) is 4.90 Å². The fourth-order valence-corrected chi connectivity index (χ4v) is 4.15. The van der Waals surface area contributed by atoms with Gasteiger partial charge in [-0.2, -0.15) is 0 Å². The number of hydrogen-bond donors (Lipinski definition) is 0. The molecule has 1 aromatic carbocycles. The number of nitrogens with zero attached hydrogens (tertiary/aromatic N) is 1. The van der Waals surface area contributed by atoms with Gasteiger partial charge in [0.05, 0.1) is 28.7 Å². The summed E-state index contributed by atoms with van der Waals surface area (Å²) in [6.45, 7) is 5.15. The van der Waals surface area contributed by atoms with E-state index in [-0.39, 0.29) is 17.6 Å².